The molecule has 2 aromatic carbocycles. The Morgan fingerprint density at radius 3 is 2.45 bits per heavy atom. The van der Waals surface area contributed by atoms with Crippen LogP contribution < -0.4 is 0 Å². The van der Waals surface area contributed by atoms with Gasteiger partial charge in [-0.2, -0.15) is 5.10 Å². The van der Waals surface area contributed by atoms with Crippen molar-refractivity contribution in [2.75, 3.05) is 0 Å². The van der Waals surface area contributed by atoms with E-state index in [1.165, 1.54) is 21.3 Å². The Morgan fingerprint density at radius 1 is 1.00 bits per heavy atom. The molecule has 0 saturated carbocycles. The van der Waals surface area contributed by atoms with E-state index in [1.807, 2.05) is 22.9 Å². The number of rotatable bonds is 2. The minimum atomic E-state index is 1.07. The van der Waals surface area contributed by atoms with Crippen molar-refractivity contribution < 1.29 is 0 Å². The van der Waals surface area contributed by atoms with Crippen LogP contribution in [0.1, 0.15) is 5.69 Å². The topological polar surface area (TPSA) is 17.8 Å². The average Bonchev–Trinajstić information content (AvgIpc) is 3.11. The zero-order valence-corrected chi connectivity index (χ0v) is 14.4. The normalized spacial score (nSPS) is 11.2. The number of fused-ring (bicyclic) bond motifs is 1. The van der Waals surface area contributed by atoms with Crippen molar-refractivity contribution in [3.8, 4) is 16.8 Å². The average molecular weight is 369 g/mol. The Morgan fingerprint density at radius 2 is 1.73 bits per heavy atom. The maximum atomic E-state index is 4.74. The summed E-state index contributed by atoms with van der Waals surface area (Å²) in [6.07, 6.45) is 0. The van der Waals surface area contributed by atoms with E-state index in [4.69, 9.17) is 5.10 Å². The molecular weight excluding hydrogens is 356 g/mol. The number of hydrogen-bond acceptors (Lipinski definition) is 2. The van der Waals surface area contributed by atoms with Crippen molar-refractivity contribution in [3.63, 3.8) is 0 Å². The number of aryl methyl sites for hydroxylation is 1. The monoisotopic (exact) mass is 368 g/mol. The van der Waals surface area contributed by atoms with Gasteiger partial charge in [0.25, 0.3) is 0 Å². The number of para-hydroxylation sites is 1. The fourth-order valence-electron chi connectivity index (χ4n) is 2.68. The number of thiophene rings is 1. The molecule has 0 radical (unpaired) electrons. The Bertz CT molecular complexity index is 937. The highest BCUT2D eigenvalue weighted by atomic mass is 79.9. The minimum absolute atomic E-state index is 1.07. The first-order valence-corrected chi connectivity index (χ1v) is 8.69. The van der Waals surface area contributed by atoms with E-state index in [0.717, 1.165) is 15.9 Å². The number of nitrogens with zero attached hydrogens (tertiary/aromatic N) is 2. The van der Waals surface area contributed by atoms with Crippen LogP contribution in [0.3, 0.4) is 0 Å². The van der Waals surface area contributed by atoms with E-state index in [0.29, 0.717) is 0 Å². The van der Waals surface area contributed by atoms with Crippen LogP contribution >= 0.6 is 27.3 Å². The molecule has 2 aromatic heterocycles. The molecule has 0 bridgehead atoms. The van der Waals surface area contributed by atoms with Gasteiger partial charge in [-0.25, -0.2) is 4.68 Å². The van der Waals surface area contributed by atoms with Crippen molar-refractivity contribution in [1.82, 2.24) is 9.78 Å². The van der Waals surface area contributed by atoms with Crippen molar-refractivity contribution in [3.05, 3.63) is 70.1 Å². The summed E-state index contributed by atoms with van der Waals surface area (Å²) in [5, 5.41) is 8.21. The van der Waals surface area contributed by atoms with Crippen LogP contribution in [-0.2, 0) is 0 Å². The molecule has 0 aliphatic heterocycles. The quantitative estimate of drug-likeness (QED) is 0.435. The van der Waals surface area contributed by atoms with Crippen LogP contribution in [-0.4, -0.2) is 9.78 Å². The number of hydrogen-bond donors (Lipinski definition) is 0. The van der Waals surface area contributed by atoms with Gasteiger partial charge in [-0.1, -0.05) is 46.3 Å². The summed E-state index contributed by atoms with van der Waals surface area (Å²) in [5.74, 6) is 0. The van der Waals surface area contributed by atoms with E-state index in [9.17, 15) is 0 Å². The van der Waals surface area contributed by atoms with Gasteiger partial charge in [0.1, 0.15) is 4.83 Å². The van der Waals surface area contributed by atoms with E-state index in [-0.39, 0.29) is 0 Å². The van der Waals surface area contributed by atoms with Crippen LogP contribution in [0.4, 0.5) is 0 Å². The van der Waals surface area contributed by atoms with E-state index in [2.05, 4.69) is 64.6 Å². The van der Waals surface area contributed by atoms with Gasteiger partial charge in [0.15, 0.2) is 0 Å². The van der Waals surface area contributed by atoms with Gasteiger partial charge < -0.3 is 0 Å². The summed E-state index contributed by atoms with van der Waals surface area (Å²) < 4.78 is 3.14. The number of benzene rings is 2. The molecule has 0 aliphatic rings. The molecule has 0 amide bonds. The summed E-state index contributed by atoms with van der Waals surface area (Å²) in [6.45, 7) is 2.08. The second-order valence-electron chi connectivity index (χ2n) is 5.17. The molecule has 0 saturated heterocycles. The van der Waals surface area contributed by atoms with Crippen molar-refractivity contribution in [2.45, 2.75) is 6.92 Å². The minimum Gasteiger partial charge on any atom is -0.223 e. The summed E-state index contributed by atoms with van der Waals surface area (Å²) in [7, 11) is 0. The maximum absolute atomic E-state index is 4.74. The largest absolute Gasteiger partial charge is 0.223 e. The highest BCUT2D eigenvalue weighted by Gasteiger charge is 2.16. The predicted octanol–water partition coefficient (Wildman–Crippen LogP) is 5.82. The third-order valence-corrected chi connectivity index (χ3v) is 5.21. The van der Waals surface area contributed by atoms with Crippen molar-refractivity contribution in [1.29, 1.82) is 0 Å². The van der Waals surface area contributed by atoms with Crippen molar-refractivity contribution in [2.24, 2.45) is 0 Å². The lowest BCUT2D eigenvalue weighted by Gasteiger charge is -2.00. The molecule has 0 fully saturated rings. The lowest BCUT2D eigenvalue weighted by Crippen LogP contribution is -1.94. The first kappa shape index (κ1) is 13.7. The first-order valence-electron chi connectivity index (χ1n) is 7.02. The second kappa shape index (κ2) is 5.38. The zero-order valence-electron chi connectivity index (χ0n) is 12.0. The third-order valence-electron chi connectivity index (χ3n) is 3.73. The van der Waals surface area contributed by atoms with Crippen LogP contribution in [0, 0.1) is 6.92 Å². The van der Waals surface area contributed by atoms with Gasteiger partial charge in [0.2, 0.25) is 0 Å². The first-order chi connectivity index (χ1) is 10.7. The highest BCUT2D eigenvalue weighted by Crippen LogP contribution is 2.37. The van der Waals surface area contributed by atoms with Gasteiger partial charge in [-0.3, -0.25) is 0 Å². The van der Waals surface area contributed by atoms with Gasteiger partial charge in [0.05, 0.1) is 11.4 Å². The second-order valence-corrected chi connectivity index (χ2v) is 6.94. The third kappa shape index (κ3) is 2.19. The maximum Gasteiger partial charge on any atom is 0.128 e. The molecule has 4 heteroatoms. The Balaban J connectivity index is 1.93. The molecule has 2 nitrogen and oxygen atoms in total. The van der Waals surface area contributed by atoms with E-state index in [1.54, 1.807) is 11.3 Å². The standard InChI is InChI=1S/C18H13BrN2S/c1-12-17-16(13-7-9-14(19)10-8-13)11-22-18(17)21(20-12)15-5-3-2-4-6-15/h2-11H,1H3. The lowest BCUT2D eigenvalue weighted by atomic mass is 10.1. The molecular formula is C18H13BrN2S. The summed E-state index contributed by atoms with van der Waals surface area (Å²) in [5.41, 5.74) is 4.65. The molecule has 2 heterocycles. The number of halogens is 1. The lowest BCUT2D eigenvalue weighted by molar-refractivity contribution is 0.894. The molecule has 4 rings (SSSR count). The van der Waals surface area contributed by atoms with Gasteiger partial charge in [-0.05, 0) is 36.8 Å². The fourth-order valence-corrected chi connectivity index (χ4v) is 4.05. The zero-order chi connectivity index (χ0) is 15.1. The van der Waals surface area contributed by atoms with Crippen LogP contribution in [0.5, 0.6) is 0 Å². The highest BCUT2D eigenvalue weighted by molar-refractivity contribution is 9.10. The molecule has 0 atom stereocenters. The van der Waals surface area contributed by atoms with Gasteiger partial charge in [0, 0.05) is 20.8 Å². The summed E-state index contributed by atoms with van der Waals surface area (Å²) in [4.78, 5) is 1.20. The van der Waals surface area contributed by atoms with Crippen LogP contribution in [0.2, 0.25) is 0 Å². The van der Waals surface area contributed by atoms with Gasteiger partial charge >= 0.3 is 0 Å². The Hall–Kier alpha value is -1.91. The molecule has 22 heavy (non-hydrogen) atoms. The van der Waals surface area contributed by atoms with E-state index < -0.39 is 0 Å². The SMILES string of the molecule is Cc1nn(-c2ccccc2)c2scc(-c3ccc(Br)cc3)c12. The van der Waals surface area contributed by atoms with E-state index >= 15 is 0 Å². The van der Waals surface area contributed by atoms with Crippen molar-refractivity contribution >= 4 is 37.5 Å². The summed E-state index contributed by atoms with van der Waals surface area (Å²) >= 11 is 5.24. The smallest absolute Gasteiger partial charge is 0.128 e. The van der Waals surface area contributed by atoms with Crippen LogP contribution in [0.25, 0.3) is 27.0 Å². The predicted molar refractivity (Wildman–Crippen MR) is 96.8 cm³/mol. The molecule has 4 aromatic rings. The summed E-state index contributed by atoms with van der Waals surface area (Å²) in [6, 6.07) is 18.7. The molecule has 0 spiro atoms. The molecule has 0 aliphatic carbocycles. The fraction of sp³-hybridized carbons (Fsp3) is 0.0556. The molecule has 108 valence electrons. The van der Waals surface area contributed by atoms with Crippen LogP contribution in [0.15, 0.2) is 64.5 Å². The Kier molecular flexibility index (Phi) is 3.36. The molecule has 0 unspecified atom stereocenters. The number of aromatic nitrogens is 2. The Labute approximate surface area is 141 Å². The van der Waals surface area contributed by atoms with Gasteiger partial charge in [-0.15, -0.1) is 11.3 Å². The molecule has 0 N–H and O–H groups in total.